The van der Waals surface area contributed by atoms with E-state index in [0.29, 0.717) is 0 Å². The van der Waals surface area contributed by atoms with Gasteiger partial charge in [0.1, 0.15) is 5.75 Å². The second kappa shape index (κ2) is 9.75. The maximum absolute atomic E-state index is 12.5. The van der Waals surface area contributed by atoms with E-state index in [9.17, 15) is 4.79 Å². The van der Waals surface area contributed by atoms with Gasteiger partial charge in [0.2, 0.25) is 0 Å². The minimum atomic E-state index is 0.0854. The molecule has 2 aliphatic rings. The van der Waals surface area contributed by atoms with Crippen molar-refractivity contribution in [3.8, 4) is 5.75 Å². The SMILES string of the molecule is O=C(COc1ccc2c(c1)CCCC2)N1CCN(C/C=C/c2ccccc2)CC1. The summed E-state index contributed by atoms with van der Waals surface area (Å²) in [5, 5.41) is 0. The third-order valence-corrected chi connectivity index (χ3v) is 5.88. The average molecular weight is 391 g/mol. The molecular weight excluding hydrogens is 360 g/mol. The van der Waals surface area contributed by atoms with Crippen LogP contribution >= 0.6 is 0 Å². The van der Waals surface area contributed by atoms with Gasteiger partial charge in [0.25, 0.3) is 5.91 Å². The van der Waals surface area contributed by atoms with Gasteiger partial charge in [-0.2, -0.15) is 0 Å². The fourth-order valence-corrected chi connectivity index (χ4v) is 4.12. The van der Waals surface area contributed by atoms with Crippen molar-refractivity contribution in [2.45, 2.75) is 25.7 Å². The van der Waals surface area contributed by atoms with Crippen LogP contribution in [0.1, 0.15) is 29.5 Å². The van der Waals surface area contributed by atoms with Gasteiger partial charge in [0, 0.05) is 32.7 Å². The number of carbonyl (C=O) groups excluding carboxylic acids is 1. The number of hydrogen-bond donors (Lipinski definition) is 0. The Balaban J connectivity index is 1.19. The molecular formula is C25H30N2O2. The zero-order chi connectivity index (χ0) is 19.9. The fraction of sp³-hybridized carbons (Fsp3) is 0.400. The van der Waals surface area contributed by atoms with E-state index in [0.717, 1.165) is 44.9 Å². The van der Waals surface area contributed by atoms with Crippen molar-refractivity contribution in [2.75, 3.05) is 39.3 Å². The maximum atomic E-state index is 12.5. The second-order valence-corrected chi connectivity index (χ2v) is 7.92. The quantitative estimate of drug-likeness (QED) is 0.752. The molecule has 1 aliphatic heterocycles. The first-order valence-electron chi connectivity index (χ1n) is 10.7. The monoisotopic (exact) mass is 390 g/mol. The van der Waals surface area contributed by atoms with Gasteiger partial charge in [-0.25, -0.2) is 0 Å². The third kappa shape index (κ3) is 5.48. The fourth-order valence-electron chi connectivity index (χ4n) is 4.12. The molecule has 0 radical (unpaired) electrons. The number of hydrogen-bond acceptors (Lipinski definition) is 3. The lowest BCUT2D eigenvalue weighted by atomic mass is 9.92. The minimum absolute atomic E-state index is 0.0854. The Labute approximate surface area is 173 Å². The van der Waals surface area contributed by atoms with E-state index in [1.54, 1.807) is 0 Å². The Morgan fingerprint density at radius 3 is 2.48 bits per heavy atom. The van der Waals surface area contributed by atoms with Gasteiger partial charge in [0.05, 0.1) is 0 Å². The molecule has 2 aromatic rings. The van der Waals surface area contributed by atoms with Gasteiger partial charge in [-0.3, -0.25) is 9.69 Å². The van der Waals surface area contributed by atoms with Crippen LogP contribution in [-0.2, 0) is 17.6 Å². The Hall–Kier alpha value is -2.59. The molecule has 1 aliphatic carbocycles. The van der Waals surface area contributed by atoms with Crippen LogP contribution in [-0.4, -0.2) is 55.0 Å². The summed E-state index contributed by atoms with van der Waals surface area (Å²) in [4.78, 5) is 16.8. The van der Waals surface area contributed by atoms with E-state index in [4.69, 9.17) is 4.74 Å². The largest absolute Gasteiger partial charge is 0.484 e. The van der Waals surface area contributed by atoms with Crippen LogP contribution in [0.25, 0.3) is 6.08 Å². The van der Waals surface area contributed by atoms with Crippen molar-refractivity contribution >= 4 is 12.0 Å². The maximum Gasteiger partial charge on any atom is 0.260 e. The molecule has 1 saturated heterocycles. The summed E-state index contributed by atoms with van der Waals surface area (Å²) in [6, 6.07) is 16.6. The minimum Gasteiger partial charge on any atom is -0.484 e. The van der Waals surface area contributed by atoms with E-state index in [2.05, 4.69) is 53.5 Å². The summed E-state index contributed by atoms with van der Waals surface area (Å²) in [5.41, 5.74) is 4.05. The molecule has 0 aromatic heterocycles. The Kier molecular flexibility index (Phi) is 6.63. The number of piperazine rings is 1. The molecule has 0 unspecified atom stereocenters. The molecule has 1 fully saturated rings. The molecule has 4 heteroatoms. The summed E-state index contributed by atoms with van der Waals surface area (Å²) < 4.78 is 5.81. The van der Waals surface area contributed by atoms with E-state index >= 15 is 0 Å². The van der Waals surface area contributed by atoms with E-state index in [1.807, 2.05) is 17.0 Å². The van der Waals surface area contributed by atoms with Gasteiger partial charge < -0.3 is 9.64 Å². The van der Waals surface area contributed by atoms with Crippen LogP contribution in [0.15, 0.2) is 54.6 Å². The third-order valence-electron chi connectivity index (χ3n) is 5.88. The van der Waals surface area contributed by atoms with Crippen LogP contribution in [0, 0.1) is 0 Å². The highest BCUT2D eigenvalue weighted by Crippen LogP contribution is 2.25. The molecule has 29 heavy (non-hydrogen) atoms. The van der Waals surface area contributed by atoms with E-state index in [1.165, 1.54) is 36.0 Å². The number of fused-ring (bicyclic) bond motifs is 1. The van der Waals surface area contributed by atoms with Gasteiger partial charge in [-0.05, 0) is 54.5 Å². The van der Waals surface area contributed by atoms with Crippen LogP contribution in [0.2, 0.25) is 0 Å². The topological polar surface area (TPSA) is 32.8 Å². The molecule has 0 saturated carbocycles. The van der Waals surface area contributed by atoms with Crippen molar-refractivity contribution in [1.82, 2.24) is 9.80 Å². The van der Waals surface area contributed by atoms with Crippen LogP contribution in [0.3, 0.4) is 0 Å². The van der Waals surface area contributed by atoms with E-state index < -0.39 is 0 Å². The van der Waals surface area contributed by atoms with Gasteiger partial charge in [-0.15, -0.1) is 0 Å². The van der Waals surface area contributed by atoms with Crippen molar-refractivity contribution in [3.63, 3.8) is 0 Å². The second-order valence-electron chi connectivity index (χ2n) is 7.92. The number of benzene rings is 2. The molecule has 152 valence electrons. The van der Waals surface area contributed by atoms with Crippen LogP contribution in [0.5, 0.6) is 5.75 Å². The highest BCUT2D eigenvalue weighted by molar-refractivity contribution is 5.77. The lowest BCUT2D eigenvalue weighted by molar-refractivity contribution is -0.135. The number of amides is 1. The highest BCUT2D eigenvalue weighted by Gasteiger charge is 2.21. The van der Waals surface area contributed by atoms with Gasteiger partial charge in [-0.1, -0.05) is 48.6 Å². The van der Waals surface area contributed by atoms with Crippen molar-refractivity contribution in [3.05, 3.63) is 71.3 Å². The predicted octanol–water partition coefficient (Wildman–Crippen LogP) is 3.80. The van der Waals surface area contributed by atoms with Crippen LogP contribution in [0.4, 0.5) is 0 Å². The number of carbonyl (C=O) groups is 1. The average Bonchev–Trinajstić information content (AvgIpc) is 2.78. The predicted molar refractivity (Wildman–Crippen MR) is 117 cm³/mol. The molecule has 0 N–H and O–H groups in total. The molecule has 0 bridgehead atoms. The standard InChI is InChI=1S/C25H30N2O2/c28-25(20-29-24-13-12-22-10-4-5-11-23(22)19-24)27-17-15-26(16-18-27)14-6-9-21-7-2-1-3-8-21/h1-3,6-9,12-13,19H,4-5,10-11,14-18,20H2/b9-6+. The summed E-state index contributed by atoms with van der Waals surface area (Å²) in [5.74, 6) is 0.908. The van der Waals surface area contributed by atoms with Crippen molar-refractivity contribution in [2.24, 2.45) is 0 Å². The molecule has 2 aromatic carbocycles. The smallest absolute Gasteiger partial charge is 0.260 e. The first-order valence-corrected chi connectivity index (χ1v) is 10.7. The lowest BCUT2D eigenvalue weighted by Crippen LogP contribution is -2.49. The molecule has 1 amide bonds. The first-order chi connectivity index (χ1) is 14.3. The zero-order valence-electron chi connectivity index (χ0n) is 17.1. The normalized spacial score (nSPS) is 17.3. The number of rotatable bonds is 6. The zero-order valence-corrected chi connectivity index (χ0v) is 17.1. The Morgan fingerprint density at radius 2 is 1.69 bits per heavy atom. The Bertz CT molecular complexity index is 839. The van der Waals surface area contributed by atoms with Gasteiger partial charge >= 0.3 is 0 Å². The lowest BCUT2D eigenvalue weighted by Gasteiger charge is -2.34. The van der Waals surface area contributed by atoms with Gasteiger partial charge in [0.15, 0.2) is 6.61 Å². The Morgan fingerprint density at radius 1 is 0.931 bits per heavy atom. The molecule has 4 rings (SSSR count). The summed E-state index contributed by atoms with van der Waals surface area (Å²) in [7, 11) is 0. The summed E-state index contributed by atoms with van der Waals surface area (Å²) in [6.45, 7) is 4.40. The highest BCUT2D eigenvalue weighted by atomic mass is 16.5. The first kappa shape index (κ1) is 19.7. The summed E-state index contributed by atoms with van der Waals surface area (Å²) in [6.07, 6.45) is 9.18. The molecule has 4 nitrogen and oxygen atoms in total. The molecule has 0 spiro atoms. The van der Waals surface area contributed by atoms with Crippen molar-refractivity contribution in [1.29, 1.82) is 0 Å². The molecule has 0 atom stereocenters. The number of ether oxygens (including phenoxy) is 1. The number of aryl methyl sites for hydroxylation is 2. The van der Waals surface area contributed by atoms with Crippen LogP contribution < -0.4 is 4.74 Å². The van der Waals surface area contributed by atoms with Crippen molar-refractivity contribution < 1.29 is 9.53 Å². The number of nitrogens with zero attached hydrogens (tertiary/aromatic N) is 2. The van der Waals surface area contributed by atoms with E-state index in [-0.39, 0.29) is 12.5 Å². The summed E-state index contributed by atoms with van der Waals surface area (Å²) >= 11 is 0. The molecule has 1 heterocycles.